The Morgan fingerprint density at radius 3 is 2.37 bits per heavy atom. The summed E-state index contributed by atoms with van der Waals surface area (Å²) in [6.07, 6.45) is 1.07. The highest BCUT2D eigenvalue weighted by Crippen LogP contribution is 2.01. The fourth-order valence-corrected chi connectivity index (χ4v) is 1.57. The molecule has 0 spiro atoms. The Morgan fingerprint density at radius 1 is 1.16 bits per heavy atom. The SMILES string of the molecule is CCCNCCNC(=O)[C@@H](NC(=O)COC)C(C)C. The van der Waals surface area contributed by atoms with Crippen LogP contribution in [0.1, 0.15) is 27.2 Å². The fraction of sp³-hybridized carbons (Fsp3) is 0.846. The molecular formula is C13H27N3O3. The molecule has 0 aromatic heterocycles. The standard InChI is InChI=1S/C13H27N3O3/c1-5-6-14-7-8-15-13(18)12(10(2)3)16-11(17)9-19-4/h10,12,14H,5-9H2,1-4H3,(H,15,18)(H,16,17)/t12-/m0/s1. The van der Waals surface area contributed by atoms with E-state index in [-0.39, 0.29) is 24.3 Å². The van der Waals surface area contributed by atoms with Gasteiger partial charge in [-0.15, -0.1) is 0 Å². The predicted molar refractivity (Wildman–Crippen MR) is 74.8 cm³/mol. The minimum atomic E-state index is -0.520. The highest BCUT2D eigenvalue weighted by molar-refractivity contribution is 5.88. The molecule has 0 aromatic carbocycles. The molecule has 0 rings (SSSR count). The molecule has 0 aromatic rings. The molecule has 0 saturated heterocycles. The molecule has 19 heavy (non-hydrogen) atoms. The first-order valence-electron chi connectivity index (χ1n) is 6.79. The molecule has 0 aliphatic carbocycles. The fourth-order valence-electron chi connectivity index (χ4n) is 1.57. The van der Waals surface area contributed by atoms with Crippen LogP contribution in [-0.4, -0.2) is 51.2 Å². The van der Waals surface area contributed by atoms with Crippen LogP contribution < -0.4 is 16.0 Å². The molecule has 0 aliphatic heterocycles. The van der Waals surface area contributed by atoms with Crippen molar-refractivity contribution in [3.05, 3.63) is 0 Å². The average Bonchev–Trinajstić information content (AvgIpc) is 2.35. The van der Waals surface area contributed by atoms with E-state index in [1.54, 1.807) is 0 Å². The van der Waals surface area contributed by atoms with E-state index >= 15 is 0 Å². The zero-order chi connectivity index (χ0) is 14.7. The van der Waals surface area contributed by atoms with Crippen LogP contribution in [0.2, 0.25) is 0 Å². The quantitative estimate of drug-likeness (QED) is 0.485. The first-order chi connectivity index (χ1) is 9.02. The first kappa shape index (κ1) is 17.9. The minimum Gasteiger partial charge on any atom is -0.375 e. The maximum Gasteiger partial charge on any atom is 0.246 e. The van der Waals surface area contributed by atoms with Gasteiger partial charge in [0.05, 0.1) is 0 Å². The molecular weight excluding hydrogens is 246 g/mol. The molecule has 0 radical (unpaired) electrons. The van der Waals surface area contributed by atoms with Crippen LogP contribution in [0, 0.1) is 5.92 Å². The van der Waals surface area contributed by atoms with E-state index < -0.39 is 6.04 Å². The largest absolute Gasteiger partial charge is 0.375 e. The summed E-state index contributed by atoms with van der Waals surface area (Å²) in [5.74, 6) is -0.400. The van der Waals surface area contributed by atoms with Crippen molar-refractivity contribution >= 4 is 11.8 Å². The highest BCUT2D eigenvalue weighted by atomic mass is 16.5. The third-order valence-corrected chi connectivity index (χ3v) is 2.57. The van der Waals surface area contributed by atoms with Gasteiger partial charge in [0.2, 0.25) is 11.8 Å². The predicted octanol–water partition coefficient (Wildman–Crippen LogP) is -0.111. The van der Waals surface area contributed by atoms with E-state index in [1.807, 2.05) is 13.8 Å². The number of carbonyl (C=O) groups excluding carboxylic acids is 2. The Bertz CT molecular complexity index is 270. The van der Waals surface area contributed by atoms with Crippen LogP contribution in [0.15, 0.2) is 0 Å². The van der Waals surface area contributed by atoms with Crippen LogP contribution in [0.4, 0.5) is 0 Å². The van der Waals surface area contributed by atoms with Crippen molar-refractivity contribution in [2.75, 3.05) is 33.4 Å². The van der Waals surface area contributed by atoms with Crippen LogP contribution in [0.5, 0.6) is 0 Å². The van der Waals surface area contributed by atoms with Crippen molar-refractivity contribution in [3.63, 3.8) is 0 Å². The molecule has 6 nitrogen and oxygen atoms in total. The summed E-state index contributed by atoms with van der Waals surface area (Å²) in [4.78, 5) is 23.4. The zero-order valence-electron chi connectivity index (χ0n) is 12.4. The molecule has 6 heteroatoms. The number of nitrogens with one attached hydrogen (secondary N) is 3. The smallest absolute Gasteiger partial charge is 0.246 e. The van der Waals surface area contributed by atoms with E-state index in [9.17, 15) is 9.59 Å². The normalized spacial score (nSPS) is 12.3. The summed E-state index contributed by atoms with van der Waals surface area (Å²) in [6, 6.07) is -0.520. The lowest BCUT2D eigenvalue weighted by atomic mass is 10.0. The van der Waals surface area contributed by atoms with Gasteiger partial charge in [0, 0.05) is 20.2 Å². The van der Waals surface area contributed by atoms with Gasteiger partial charge in [-0.2, -0.15) is 0 Å². The average molecular weight is 273 g/mol. The third kappa shape index (κ3) is 8.56. The minimum absolute atomic E-state index is 0.0319. The van der Waals surface area contributed by atoms with Gasteiger partial charge in [0.25, 0.3) is 0 Å². The van der Waals surface area contributed by atoms with Crippen LogP contribution >= 0.6 is 0 Å². The second-order valence-corrected chi connectivity index (χ2v) is 4.76. The third-order valence-electron chi connectivity index (χ3n) is 2.57. The molecule has 2 amide bonds. The van der Waals surface area contributed by atoms with Crippen molar-refractivity contribution in [1.29, 1.82) is 0 Å². The molecule has 3 N–H and O–H groups in total. The van der Waals surface area contributed by atoms with E-state index in [4.69, 9.17) is 4.74 Å². The number of methoxy groups -OCH3 is 1. The van der Waals surface area contributed by atoms with Crippen LogP contribution in [0.25, 0.3) is 0 Å². The van der Waals surface area contributed by atoms with E-state index in [0.29, 0.717) is 6.54 Å². The van der Waals surface area contributed by atoms with Gasteiger partial charge in [0.1, 0.15) is 12.6 Å². The van der Waals surface area contributed by atoms with Gasteiger partial charge in [-0.25, -0.2) is 0 Å². The second kappa shape index (κ2) is 10.8. The Hall–Kier alpha value is -1.14. The highest BCUT2D eigenvalue weighted by Gasteiger charge is 2.23. The molecule has 0 bridgehead atoms. The van der Waals surface area contributed by atoms with E-state index in [2.05, 4.69) is 22.9 Å². The number of hydrogen-bond acceptors (Lipinski definition) is 4. The molecule has 0 unspecified atom stereocenters. The van der Waals surface area contributed by atoms with Crippen molar-refractivity contribution < 1.29 is 14.3 Å². The lowest BCUT2D eigenvalue weighted by Crippen LogP contribution is -2.51. The molecule has 0 fully saturated rings. The van der Waals surface area contributed by atoms with Crippen LogP contribution in [-0.2, 0) is 14.3 Å². The Morgan fingerprint density at radius 2 is 1.84 bits per heavy atom. The zero-order valence-corrected chi connectivity index (χ0v) is 12.4. The van der Waals surface area contributed by atoms with Gasteiger partial charge in [0.15, 0.2) is 0 Å². The van der Waals surface area contributed by atoms with Crippen molar-refractivity contribution in [2.45, 2.75) is 33.2 Å². The summed E-state index contributed by atoms with van der Waals surface area (Å²) < 4.78 is 4.74. The summed E-state index contributed by atoms with van der Waals surface area (Å²) in [5.41, 5.74) is 0. The summed E-state index contributed by atoms with van der Waals surface area (Å²) in [7, 11) is 1.45. The number of rotatable bonds is 10. The van der Waals surface area contributed by atoms with Crippen molar-refractivity contribution in [1.82, 2.24) is 16.0 Å². The maximum atomic E-state index is 12.0. The van der Waals surface area contributed by atoms with Gasteiger partial charge in [-0.05, 0) is 18.9 Å². The summed E-state index contributed by atoms with van der Waals surface area (Å²) in [6.45, 7) is 8.08. The topological polar surface area (TPSA) is 79.5 Å². The number of ether oxygens (including phenoxy) is 1. The van der Waals surface area contributed by atoms with Gasteiger partial charge < -0.3 is 20.7 Å². The van der Waals surface area contributed by atoms with Crippen molar-refractivity contribution in [2.24, 2.45) is 5.92 Å². The Balaban J connectivity index is 4.08. The van der Waals surface area contributed by atoms with Gasteiger partial charge in [-0.1, -0.05) is 20.8 Å². The number of hydrogen-bond donors (Lipinski definition) is 3. The lowest BCUT2D eigenvalue weighted by molar-refractivity contribution is -0.131. The maximum absolute atomic E-state index is 12.0. The first-order valence-corrected chi connectivity index (χ1v) is 6.79. The summed E-state index contributed by atoms with van der Waals surface area (Å²) in [5, 5.41) is 8.68. The van der Waals surface area contributed by atoms with E-state index in [0.717, 1.165) is 19.5 Å². The van der Waals surface area contributed by atoms with E-state index in [1.165, 1.54) is 7.11 Å². The number of amides is 2. The van der Waals surface area contributed by atoms with Gasteiger partial charge in [-0.3, -0.25) is 9.59 Å². The number of carbonyl (C=O) groups is 2. The molecule has 0 aliphatic rings. The monoisotopic (exact) mass is 273 g/mol. The molecule has 0 heterocycles. The molecule has 0 saturated carbocycles. The molecule has 112 valence electrons. The Labute approximate surface area is 115 Å². The molecule has 1 atom stereocenters. The summed E-state index contributed by atoms with van der Waals surface area (Å²) >= 11 is 0. The van der Waals surface area contributed by atoms with Crippen molar-refractivity contribution in [3.8, 4) is 0 Å². The lowest BCUT2D eigenvalue weighted by Gasteiger charge is -2.21. The second-order valence-electron chi connectivity index (χ2n) is 4.76. The Kier molecular flexibility index (Phi) is 10.1. The van der Waals surface area contributed by atoms with Gasteiger partial charge >= 0.3 is 0 Å². The van der Waals surface area contributed by atoms with Crippen LogP contribution in [0.3, 0.4) is 0 Å².